The van der Waals surface area contributed by atoms with Gasteiger partial charge in [0.1, 0.15) is 5.82 Å². The van der Waals surface area contributed by atoms with Crippen molar-refractivity contribution in [2.45, 2.75) is 47.1 Å². The number of aryl methyl sites for hydroxylation is 1. The molecule has 148 valence electrons. The molecule has 28 heavy (non-hydrogen) atoms. The van der Waals surface area contributed by atoms with Gasteiger partial charge in [0.25, 0.3) is 5.91 Å². The van der Waals surface area contributed by atoms with E-state index >= 15 is 0 Å². The van der Waals surface area contributed by atoms with Crippen LogP contribution >= 0.6 is 11.8 Å². The third-order valence-corrected chi connectivity index (χ3v) is 5.69. The lowest BCUT2D eigenvalue weighted by Gasteiger charge is -2.25. The minimum absolute atomic E-state index is 0.0254. The number of aromatic nitrogens is 1. The molecule has 0 atom stereocenters. The van der Waals surface area contributed by atoms with Gasteiger partial charge >= 0.3 is 0 Å². The molecule has 0 N–H and O–H groups in total. The van der Waals surface area contributed by atoms with E-state index in [-0.39, 0.29) is 17.3 Å². The molecule has 0 radical (unpaired) electrons. The summed E-state index contributed by atoms with van der Waals surface area (Å²) in [4.78, 5) is 19.7. The lowest BCUT2D eigenvalue weighted by molar-refractivity contribution is -0.122. The zero-order valence-electron chi connectivity index (χ0n) is 17.2. The summed E-state index contributed by atoms with van der Waals surface area (Å²) in [5.41, 5.74) is 3.95. The summed E-state index contributed by atoms with van der Waals surface area (Å²) in [5.74, 6) is -0.352. The summed E-state index contributed by atoms with van der Waals surface area (Å²) in [6.45, 7) is 13.1. The number of hydrogen-bond donors (Lipinski definition) is 0. The molecule has 1 aromatic heterocycles. The summed E-state index contributed by atoms with van der Waals surface area (Å²) in [6.07, 6.45) is 1.95. The fraction of sp³-hybridized carbons (Fsp3) is 0.364. The van der Waals surface area contributed by atoms with Gasteiger partial charge in [0.2, 0.25) is 0 Å². The van der Waals surface area contributed by atoms with Gasteiger partial charge in [-0.15, -0.1) is 0 Å². The maximum Gasteiger partial charge on any atom is 0.266 e. The molecule has 0 spiro atoms. The summed E-state index contributed by atoms with van der Waals surface area (Å²) < 4.78 is 15.4. The van der Waals surface area contributed by atoms with Gasteiger partial charge in [-0.3, -0.25) is 9.69 Å². The Morgan fingerprint density at radius 2 is 1.82 bits per heavy atom. The van der Waals surface area contributed by atoms with Crippen molar-refractivity contribution in [3.05, 3.63) is 58.0 Å². The van der Waals surface area contributed by atoms with Gasteiger partial charge in [-0.2, -0.15) is 0 Å². The molecule has 1 aromatic carbocycles. The largest absolute Gasteiger partial charge is 0.343 e. The van der Waals surface area contributed by atoms with Crippen molar-refractivity contribution in [3.63, 3.8) is 0 Å². The van der Waals surface area contributed by atoms with Gasteiger partial charge in [0, 0.05) is 23.5 Å². The van der Waals surface area contributed by atoms with Crippen molar-refractivity contribution in [3.8, 4) is 0 Å². The van der Waals surface area contributed by atoms with Crippen LogP contribution in [0.15, 0.2) is 40.2 Å². The van der Waals surface area contributed by atoms with Crippen LogP contribution in [-0.2, 0) is 10.3 Å². The van der Waals surface area contributed by atoms with Crippen LogP contribution in [0.2, 0.25) is 0 Å². The highest BCUT2D eigenvalue weighted by Crippen LogP contribution is 2.35. The molecule has 0 saturated carbocycles. The van der Waals surface area contributed by atoms with Crippen molar-refractivity contribution in [1.82, 2.24) is 9.47 Å². The van der Waals surface area contributed by atoms with Crippen molar-refractivity contribution in [1.29, 1.82) is 0 Å². The van der Waals surface area contributed by atoms with Gasteiger partial charge in [0.05, 0.1) is 10.6 Å². The highest BCUT2D eigenvalue weighted by Gasteiger charge is 2.32. The van der Waals surface area contributed by atoms with Crippen LogP contribution in [0.4, 0.5) is 10.1 Å². The summed E-state index contributed by atoms with van der Waals surface area (Å²) in [7, 11) is 0. The molecule has 1 aliphatic heterocycles. The number of thioether (sulfide) groups is 1. The molecule has 1 saturated heterocycles. The number of carbonyl (C=O) groups excluding carboxylic acids is 1. The van der Waals surface area contributed by atoms with Gasteiger partial charge in [-0.25, -0.2) is 9.38 Å². The number of likely N-dealkylation sites (N-methyl/N-ethyl adjacent to an activating group) is 1. The first-order valence-corrected chi connectivity index (χ1v) is 10.2. The third kappa shape index (κ3) is 3.92. The van der Waals surface area contributed by atoms with E-state index in [9.17, 15) is 9.18 Å². The Morgan fingerprint density at radius 3 is 2.36 bits per heavy atom. The van der Waals surface area contributed by atoms with Gasteiger partial charge in [-0.05, 0) is 95.3 Å². The van der Waals surface area contributed by atoms with Crippen molar-refractivity contribution in [2.24, 2.45) is 4.99 Å². The second-order valence-corrected chi connectivity index (χ2v) is 8.87. The molecular formula is C22H26FN3OS. The highest BCUT2D eigenvalue weighted by molar-refractivity contribution is 8.18. The van der Waals surface area contributed by atoms with Crippen LogP contribution in [-0.4, -0.2) is 27.1 Å². The smallest absolute Gasteiger partial charge is 0.266 e. The number of hydrogen-bond acceptors (Lipinski definition) is 3. The van der Waals surface area contributed by atoms with E-state index in [0.29, 0.717) is 22.3 Å². The zero-order valence-corrected chi connectivity index (χ0v) is 18.0. The Kier molecular flexibility index (Phi) is 5.53. The molecule has 6 heteroatoms. The average Bonchev–Trinajstić information content (AvgIpc) is 3.05. The molecule has 0 bridgehead atoms. The molecular weight excluding hydrogens is 373 g/mol. The van der Waals surface area contributed by atoms with E-state index in [1.165, 1.54) is 29.6 Å². The van der Waals surface area contributed by atoms with Crippen LogP contribution < -0.4 is 0 Å². The topological polar surface area (TPSA) is 37.6 Å². The Bertz CT molecular complexity index is 965. The second-order valence-electron chi connectivity index (χ2n) is 7.86. The number of amidine groups is 1. The number of aliphatic imine (C=N–C) groups is 1. The first kappa shape index (κ1) is 20.4. The van der Waals surface area contributed by atoms with E-state index in [1.807, 2.05) is 13.0 Å². The Balaban J connectivity index is 1.98. The summed E-state index contributed by atoms with van der Waals surface area (Å²) in [6, 6.07) is 8.08. The standard InChI is InChI=1S/C22H26FN3OS/c1-7-25-20(27)19(28-21(25)24-18-10-8-17(23)9-11-18)13-16-12-14(2)26(15(16)3)22(4,5)6/h8-13H,7H2,1-6H3/b19-13+,24-21?. The van der Waals surface area contributed by atoms with Crippen LogP contribution in [0.5, 0.6) is 0 Å². The van der Waals surface area contributed by atoms with Crippen LogP contribution in [0, 0.1) is 19.7 Å². The van der Waals surface area contributed by atoms with Crippen molar-refractivity contribution in [2.75, 3.05) is 6.54 Å². The van der Waals surface area contributed by atoms with Crippen molar-refractivity contribution >= 4 is 34.6 Å². The monoisotopic (exact) mass is 399 g/mol. The van der Waals surface area contributed by atoms with Crippen LogP contribution in [0.25, 0.3) is 6.08 Å². The molecule has 2 aromatic rings. The van der Waals surface area contributed by atoms with Gasteiger partial charge < -0.3 is 4.57 Å². The third-order valence-electron chi connectivity index (χ3n) is 4.68. The van der Waals surface area contributed by atoms with E-state index in [0.717, 1.165) is 11.3 Å². The number of halogens is 1. The lowest BCUT2D eigenvalue weighted by Crippen LogP contribution is -2.28. The molecule has 1 aliphatic rings. The van der Waals surface area contributed by atoms with Crippen LogP contribution in [0.1, 0.15) is 44.6 Å². The van der Waals surface area contributed by atoms with Gasteiger partial charge in [0.15, 0.2) is 5.17 Å². The minimum Gasteiger partial charge on any atom is -0.343 e. The fourth-order valence-electron chi connectivity index (χ4n) is 3.60. The predicted octanol–water partition coefficient (Wildman–Crippen LogP) is 5.62. The number of benzene rings is 1. The molecule has 3 rings (SSSR count). The zero-order chi connectivity index (χ0) is 20.6. The highest BCUT2D eigenvalue weighted by atomic mass is 32.2. The second kappa shape index (κ2) is 7.59. The predicted molar refractivity (Wildman–Crippen MR) is 115 cm³/mol. The molecule has 1 amide bonds. The van der Waals surface area contributed by atoms with Crippen molar-refractivity contribution < 1.29 is 9.18 Å². The quantitative estimate of drug-likeness (QED) is 0.628. The maximum absolute atomic E-state index is 13.1. The Morgan fingerprint density at radius 1 is 1.18 bits per heavy atom. The van der Waals surface area contributed by atoms with E-state index in [1.54, 1.807) is 17.0 Å². The number of nitrogens with zero attached hydrogens (tertiary/aromatic N) is 3. The van der Waals surface area contributed by atoms with Crippen LogP contribution in [0.3, 0.4) is 0 Å². The number of carbonyl (C=O) groups is 1. The van der Waals surface area contributed by atoms with E-state index in [2.05, 4.69) is 50.2 Å². The Labute approximate surface area is 170 Å². The number of amides is 1. The molecule has 0 unspecified atom stereocenters. The van der Waals surface area contributed by atoms with E-state index < -0.39 is 0 Å². The minimum atomic E-state index is -0.304. The molecule has 2 heterocycles. The molecule has 4 nitrogen and oxygen atoms in total. The normalized spacial score (nSPS) is 18.0. The molecule has 0 aliphatic carbocycles. The SMILES string of the molecule is CCN1C(=O)/C(=C\c2cc(C)n(C(C)(C)C)c2C)SC1=Nc1ccc(F)cc1. The summed E-state index contributed by atoms with van der Waals surface area (Å²) in [5, 5.41) is 0.620. The summed E-state index contributed by atoms with van der Waals surface area (Å²) >= 11 is 1.36. The first-order chi connectivity index (χ1) is 13.1. The lowest BCUT2D eigenvalue weighted by atomic mass is 10.1. The first-order valence-electron chi connectivity index (χ1n) is 9.37. The van der Waals surface area contributed by atoms with E-state index in [4.69, 9.17) is 0 Å². The van der Waals surface area contributed by atoms with Gasteiger partial charge in [-0.1, -0.05) is 0 Å². The number of rotatable bonds is 3. The maximum atomic E-state index is 13.1. The molecule has 1 fully saturated rings. The average molecular weight is 400 g/mol. The fourth-order valence-corrected chi connectivity index (χ4v) is 4.66. The Hall–Kier alpha value is -2.34.